The summed E-state index contributed by atoms with van der Waals surface area (Å²) < 4.78 is 0. The number of aliphatic hydroxyl groups is 1. The number of aliphatic hydroxyl groups excluding tert-OH is 1. The summed E-state index contributed by atoms with van der Waals surface area (Å²) in [5.41, 5.74) is 0.479. The van der Waals surface area contributed by atoms with Crippen molar-refractivity contribution in [1.82, 2.24) is 15.2 Å². The molecule has 1 saturated heterocycles. The van der Waals surface area contributed by atoms with Gasteiger partial charge in [0.2, 0.25) is 5.91 Å². The number of nitrogens with one attached hydrogen (secondary N) is 1. The maximum atomic E-state index is 13.0. The summed E-state index contributed by atoms with van der Waals surface area (Å²) in [6.07, 6.45) is 7.09. The summed E-state index contributed by atoms with van der Waals surface area (Å²) in [6.45, 7) is 8.16. The number of hydrogen-bond acceptors (Lipinski definition) is 4. The fraction of sp³-hybridized carbons (Fsp3) is 0.720. The zero-order valence-electron chi connectivity index (χ0n) is 19.1. The normalized spacial score (nSPS) is 36.5. The van der Waals surface area contributed by atoms with Gasteiger partial charge in [0.05, 0.1) is 6.10 Å². The third-order valence-corrected chi connectivity index (χ3v) is 8.55. The van der Waals surface area contributed by atoms with Gasteiger partial charge in [0.15, 0.2) is 0 Å². The van der Waals surface area contributed by atoms with Crippen LogP contribution >= 0.6 is 0 Å². The molecule has 3 fully saturated rings. The highest BCUT2D eigenvalue weighted by atomic mass is 16.3. The standard InChI is InChI=1S/C25H37N3O3/c1-16(24(31)28-14-6-7-15-28)18-9-11-25(3)12-10-19(17(2)21(25)22(18)29)27-23(30)20-8-4-5-13-26-20/h4-5,8,13,16-19,21-22,29H,6-7,9-12,14-15H2,1-3H3,(H,27,30)/t16-,17+,18?,19-,21+,22-,25-/m0/s1. The quantitative estimate of drug-likeness (QED) is 0.773. The minimum atomic E-state index is -0.523. The van der Waals surface area contributed by atoms with Crippen molar-refractivity contribution >= 4 is 11.8 Å². The Balaban J connectivity index is 1.48. The second kappa shape index (κ2) is 8.89. The number of likely N-dealkylation sites (tertiary alicyclic amines) is 1. The molecule has 2 aliphatic carbocycles. The predicted octanol–water partition coefficient (Wildman–Crippen LogP) is 3.26. The lowest BCUT2D eigenvalue weighted by molar-refractivity contribution is -0.149. The first kappa shape index (κ1) is 22.3. The number of rotatable bonds is 4. The van der Waals surface area contributed by atoms with Crippen molar-refractivity contribution < 1.29 is 14.7 Å². The van der Waals surface area contributed by atoms with Crippen LogP contribution in [-0.2, 0) is 4.79 Å². The molecule has 6 heteroatoms. The highest BCUT2D eigenvalue weighted by molar-refractivity contribution is 5.92. The van der Waals surface area contributed by atoms with Gasteiger partial charge in [0.25, 0.3) is 5.91 Å². The minimum absolute atomic E-state index is 0.00516. The second-order valence-corrected chi connectivity index (χ2v) is 10.4. The minimum Gasteiger partial charge on any atom is -0.392 e. The van der Waals surface area contributed by atoms with Crippen LogP contribution in [0.25, 0.3) is 0 Å². The van der Waals surface area contributed by atoms with Crippen molar-refractivity contribution in [2.24, 2.45) is 29.1 Å². The SMILES string of the molecule is C[C@H]1[C@@H]2[C@@H](O)C([C@H](C)C(=O)N3CCCC3)CC[C@@]2(C)CC[C@@H]1NC(=O)c1ccccn1. The third-order valence-electron chi connectivity index (χ3n) is 8.55. The van der Waals surface area contributed by atoms with Gasteiger partial charge in [0.1, 0.15) is 5.69 Å². The van der Waals surface area contributed by atoms with Crippen LogP contribution in [0, 0.1) is 29.1 Å². The fourth-order valence-corrected chi connectivity index (χ4v) is 6.65. The smallest absolute Gasteiger partial charge is 0.270 e. The molecule has 1 unspecified atom stereocenters. The van der Waals surface area contributed by atoms with E-state index >= 15 is 0 Å². The lowest BCUT2D eigenvalue weighted by Gasteiger charge is -2.56. The van der Waals surface area contributed by atoms with E-state index in [0.29, 0.717) is 5.69 Å². The van der Waals surface area contributed by atoms with E-state index in [1.54, 1.807) is 18.3 Å². The molecular weight excluding hydrogens is 390 g/mol. The van der Waals surface area contributed by atoms with Crippen molar-refractivity contribution in [1.29, 1.82) is 0 Å². The van der Waals surface area contributed by atoms with Gasteiger partial charge in [-0.15, -0.1) is 0 Å². The monoisotopic (exact) mass is 427 g/mol. The lowest BCUT2D eigenvalue weighted by Crippen LogP contribution is -2.58. The van der Waals surface area contributed by atoms with Gasteiger partial charge in [0, 0.05) is 31.2 Å². The molecule has 2 saturated carbocycles. The molecule has 3 aliphatic rings. The number of aromatic nitrogens is 1. The first-order valence-corrected chi connectivity index (χ1v) is 12.0. The molecule has 0 radical (unpaired) electrons. The number of hydrogen-bond donors (Lipinski definition) is 2. The molecule has 2 amide bonds. The summed E-state index contributed by atoms with van der Waals surface area (Å²) in [5, 5.41) is 14.7. The molecule has 1 aromatic rings. The third kappa shape index (κ3) is 4.23. The van der Waals surface area contributed by atoms with E-state index in [9.17, 15) is 14.7 Å². The zero-order valence-corrected chi connectivity index (χ0v) is 19.1. The number of pyridine rings is 1. The molecule has 0 spiro atoms. The van der Waals surface area contributed by atoms with E-state index in [-0.39, 0.29) is 46.9 Å². The fourth-order valence-electron chi connectivity index (χ4n) is 6.65. The number of carbonyl (C=O) groups excluding carboxylic acids is 2. The Morgan fingerprint density at radius 1 is 1.23 bits per heavy atom. The molecular formula is C25H37N3O3. The average Bonchev–Trinajstić information content (AvgIpc) is 3.30. The topological polar surface area (TPSA) is 82.5 Å². The number of fused-ring (bicyclic) bond motifs is 1. The van der Waals surface area contributed by atoms with Crippen LogP contribution in [0.2, 0.25) is 0 Å². The first-order chi connectivity index (χ1) is 14.8. The maximum Gasteiger partial charge on any atom is 0.270 e. The largest absolute Gasteiger partial charge is 0.392 e. The molecule has 1 aliphatic heterocycles. The van der Waals surface area contributed by atoms with Crippen LogP contribution in [0.15, 0.2) is 24.4 Å². The van der Waals surface area contributed by atoms with Gasteiger partial charge >= 0.3 is 0 Å². The van der Waals surface area contributed by atoms with Crippen LogP contribution in [0.1, 0.15) is 69.8 Å². The summed E-state index contributed by atoms with van der Waals surface area (Å²) in [7, 11) is 0. The second-order valence-electron chi connectivity index (χ2n) is 10.4. The highest BCUT2D eigenvalue weighted by Crippen LogP contribution is 2.55. The van der Waals surface area contributed by atoms with Crippen LogP contribution in [0.3, 0.4) is 0 Å². The Hall–Kier alpha value is -1.95. The average molecular weight is 428 g/mol. The number of nitrogens with zero attached hydrogens (tertiary/aromatic N) is 2. The van der Waals surface area contributed by atoms with Gasteiger partial charge in [-0.2, -0.15) is 0 Å². The van der Waals surface area contributed by atoms with E-state index < -0.39 is 6.10 Å². The molecule has 0 bridgehead atoms. The molecule has 2 N–H and O–H groups in total. The van der Waals surface area contributed by atoms with Crippen LogP contribution in [0.4, 0.5) is 0 Å². The van der Waals surface area contributed by atoms with Gasteiger partial charge in [-0.3, -0.25) is 14.6 Å². The van der Waals surface area contributed by atoms with Crippen molar-refractivity contribution in [3.05, 3.63) is 30.1 Å². The number of amides is 2. The Labute approximate surface area is 185 Å². The van der Waals surface area contributed by atoms with Crippen molar-refractivity contribution in [3.8, 4) is 0 Å². The van der Waals surface area contributed by atoms with Gasteiger partial charge in [-0.25, -0.2) is 0 Å². The highest BCUT2D eigenvalue weighted by Gasteiger charge is 2.54. The van der Waals surface area contributed by atoms with E-state index in [1.807, 2.05) is 17.9 Å². The van der Waals surface area contributed by atoms with Crippen LogP contribution in [0.5, 0.6) is 0 Å². The number of carbonyl (C=O) groups is 2. The molecule has 0 aromatic carbocycles. The lowest BCUT2D eigenvalue weighted by atomic mass is 9.51. The zero-order chi connectivity index (χ0) is 22.2. The Bertz CT molecular complexity index is 794. The van der Waals surface area contributed by atoms with Gasteiger partial charge in [-0.05, 0) is 73.8 Å². The molecule has 6 nitrogen and oxygen atoms in total. The summed E-state index contributed by atoms with van der Waals surface area (Å²) in [4.78, 5) is 31.9. The molecule has 2 heterocycles. The molecule has 170 valence electrons. The summed E-state index contributed by atoms with van der Waals surface area (Å²) in [5.74, 6) is 0.0856. The first-order valence-electron chi connectivity index (χ1n) is 12.0. The Morgan fingerprint density at radius 2 is 1.94 bits per heavy atom. The summed E-state index contributed by atoms with van der Waals surface area (Å²) in [6, 6.07) is 5.35. The molecule has 1 aromatic heterocycles. The van der Waals surface area contributed by atoms with Crippen LogP contribution < -0.4 is 5.32 Å². The van der Waals surface area contributed by atoms with E-state index in [2.05, 4.69) is 24.1 Å². The van der Waals surface area contributed by atoms with Crippen molar-refractivity contribution in [2.75, 3.05) is 13.1 Å². The Morgan fingerprint density at radius 3 is 2.61 bits per heavy atom. The van der Waals surface area contributed by atoms with E-state index in [4.69, 9.17) is 0 Å². The van der Waals surface area contributed by atoms with Crippen molar-refractivity contribution in [2.45, 2.75) is 71.4 Å². The predicted molar refractivity (Wildman–Crippen MR) is 119 cm³/mol. The Kier molecular flexibility index (Phi) is 6.38. The van der Waals surface area contributed by atoms with E-state index in [0.717, 1.165) is 51.6 Å². The van der Waals surface area contributed by atoms with Gasteiger partial charge in [-0.1, -0.05) is 26.8 Å². The molecule has 31 heavy (non-hydrogen) atoms. The molecule has 7 atom stereocenters. The van der Waals surface area contributed by atoms with Crippen molar-refractivity contribution in [3.63, 3.8) is 0 Å². The van der Waals surface area contributed by atoms with E-state index in [1.165, 1.54) is 0 Å². The maximum absolute atomic E-state index is 13.0. The van der Waals surface area contributed by atoms with Crippen LogP contribution in [-0.4, -0.2) is 52.0 Å². The molecule has 4 rings (SSSR count). The summed E-state index contributed by atoms with van der Waals surface area (Å²) >= 11 is 0. The van der Waals surface area contributed by atoms with Gasteiger partial charge < -0.3 is 15.3 Å².